The van der Waals surface area contributed by atoms with Crippen molar-refractivity contribution in [2.45, 2.75) is 45.6 Å². The first-order valence-corrected chi connectivity index (χ1v) is 12.6. The van der Waals surface area contributed by atoms with E-state index in [9.17, 15) is 13.2 Å². The molecule has 0 aliphatic rings. The lowest BCUT2D eigenvalue weighted by Gasteiger charge is -2.26. The van der Waals surface area contributed by atoms with E-state index in [1.165, 1.54) is 12.7 Å². The summed E-state index contributed by atoms with van der Waals surface area (Å²) in [5, 5.41) is 2.97. The highest BCUT2D eigenvalue weighted by molar-refractivity contribution is 7.93. The fourth-order valence-corrected chi connectivity index (χ4v) is 5.62. The van der Waals surface area contributed by atoms with E-state index in [1.54, 1.807) is 48.5 Å². The molecule has 0 aromatic heterocycles. The van der Waals surface area contributed by atoms with Crippen LogP contribution in [0.2, 0.25) is 0 Å². The topological polar surface area (TPSA) is 75.7 Å². The van der Waals surface area contributed by atoms with Crippen molar-refractivity contribution in [3.63, 3.8) is 0 Å². The maximum absolute atomic E-state index is 13.8. The van der Waals surface area contributed by atoms with E-state index in [4.69, 9.17) is 4.74 Å². The Hall–Kier alpha value is -3.32. The number of carbonyl (C=O) groups is 1. The maximum Gasteiger partial charge on any atom is 0.268 e. The first-order chi connectivity index (χ1) is 16.0. The van der Waals surface area contributed by atoms with Crippen LogP contribution in [0.5, 0.6) is 5.75 Å². The van der Waals surface area contributed by atoms with Gasteiger partial charge < -0.3 is 10.1 Å². The van der Waals surface area contributed by atoms with Gasteiger partial charge in [0.05, 0.1) is 18.8 Å². The molecule has 34 heavy (non-hydrogen) atoms. The molecule has 0 unspecified atom stereocenters. The monoisotopic (exact) mass is 480 g/mol. The predicted octanol–water partition coefficient (Wildman–Crippen LogP) is 5.00. The van der Waals surface area contributed by atoms with Crippen LogP contribution in [0, 0.1) is 27.7 Å². The molecule has 6 nitrogen and oxygen atoms in total. The summed E-state index contributed by atoms with van der Waals surface area (Å²) < 4.78 is 34.0. The Kier molecular flexibility index (Phi) is 7.67. The van der Waals surface area contributed by atoms with Crippen LogP contribution < -0.4 is 14.4 Å². The third kappa shape index (κ3) is 5.42. The number of nitrogens with zero attached hydrogens (tertiary/aromatic N) is 1. The van der Waals surface area contributed by atoms with Gasteiger partial charge in [-0.15, -0.1) is 0 Å². The second-order valence-electron chi connectivity index (χ2n) is 8.58. The summed E-state index contributed by atoms with van der Waals surface area (Å²) in [4.78, 5) is 13.1. The summed E-state index contributed by atoms with van der Waals surface area (Å²) in [6.45, 7) is 9.45. The second-order valence-corrected chi connectivity index (χ2v) is 10.4. The molecule has 0 fully saturated rings. The van der Waals surface area contributed by atoms with Crippen LogP contribution in [0.15, 0.2) is 65.6 Å². The minimum absolute atomic E-state index is 0.0182. The molecule has 0 saturated carbocycles. The molecule has 3 rings (SSSR count). The number of para-hydroxylation sites is 1. The molecule has 180 valence electrons. The minimum Gasteiger partial charge on any atom is -0.495 e. The Morgan fingerprint density at radius 1 is 0.941 bits per heavy atom. The molecule has 0 spiro atoms. The van der Waals surface area contributed by atoms with Crippen molar-refractivity contribution in [3.05, 3.63) is 88.5 Å². The van der Waals surface area contributed by atoms with Crippen molar-refractivity contribution in [1.82, 2.24) is 5.32 Å². The fourth-order valence-electron chi connectivity index (χ4n) is 3.96. The summed E-state index contributed by atoms with van der Waals surface area (Å²) >= 11 is 0. The van der Waals surface area contributed by atoms with E-state index in [0.717, 1.165) is 26.6 Å². The molecular weight excluding hydrogens is 448 g/mol. The van der Waals surface area contributed by atoms with E-state index in [0.29, 0.717) is 5.69 Å². The van der Waals surface area contributed by atoms with Crippen molar-refractivity contribution in [3.8, 4) is 5.75 Å². The number of aryl methyl sites for hydroxylation is 4. The average Bonchev–Trinajstić information content (AvgIpc) is 2.80. The zero-order valence-corrected chi connectivity index (χ0v) is 21.4. The van der Waals surface area contributed by atoms with Crippen LogP contribution in [0.4, 0.5) is 5.69 Å². The van der Waals surface area contributed by atoms with E-state index in [1.807, 2.05) is 27.7 Å². The summed E-state index contributed by atoms with van der Waals surface area (Å²) in [5.41, 5.74) is 5.58. The SMILES string of the molecule is COc1ccc(C)cc1S(=O)(=O)N(CC(=O)N[C@@H](C)c1cc(C)c(C)cc1C)c1ccccc1. The Morgan fingerprint density at radius 3 is 2.24 bits per heavy atom. The van der Waals surface area contributed by atoms with E-state index in [-0.39, 0.29) is 23.2 Å². The lowest BCUT2D eigenvalue weighted by molar-refractivity contribution is -0.120. The van der Waals surface area contributed by atoms with Crippen LogP contribution in [0.1, 0.15) is 40.8 Å². The van der Waals surface area contributed by atoms with Gasteiger partial charge in [-0.2, -0.15) is 0 Å². The van der Waals surface area contributed by atoms with Crippen molar-refractivity contribution >= 4 is 21.6 Å². The lowest BCUT2D eigenvalue weighted by atomic mass is 9.96. The number of hydrogen-bond acceptors (Lipinski definition) is 4. The standard InChI is InChI=1S/C27H32N2O4S/c1-18-12-13-25(33-6)26(14-18)34(31,32)29(23-10-8-7-9-11-23)17-27(30)28-22(5)24-16-20(3)19(2)15-21(24)4/h7-16,22H,17H2,1-6H3,(H,28,30)/t22-/m0/s1. The average molecular weight is 481 g/mol. The maximum atomic E-state index is 13.8. The molecule has 0 aliphatic carbocycles. The van der Waals surface area contributed by atoms with Crippen LogP contribution in [-0.4, -0.2) is 28.0 Å². The number of sulfonamides is 1. The molecule has 3 aromatic rings. The highest BCUT2D eigenvalue weighted by Crippen LogP contribution is 2.31. The fraction of sp³-hybridized carbons (Fsp3) is 0.296. The molecule has 0 radical (unpaired) electrons. The molecule has 1 N–H and O–H groups in total. The highest BCUT2D eigenvalue weighted by Gasteiger charge is 2.30. The lowest BCUT2D eigenvalue weighted by Crippen LogP contribution is -2.41. The van der Waals surface area contributed by atoms with Crippen LogP contribution in [0.3, 0.4) is 0 Å². The second kappa shape index (κ2) is 10.3. The Balaban J connectivity index is 1.95. The van der Waals surface area contributed by atoms with Crippen molar-refractivity contribution in [1.29, 1.82) is 0 Å². The smallest absolute Gasteiger partial charge is 0.268 e. The van der Waals surface area contributed by atoms with Gasteiger partial charge in [-0.25, -0.2) is 8.42 Å². The number of hydrogen-bond donors (Lipinski definition) is 1. The molecule has 3 aromatic carbocycles. The summed E-state index contributed by atoms with van der Waals surface area (Å²) in [6.07, 6.45) is 0. The van der Waals surface area contributed by atoms with Gasteiger partial charge in [0.15, 0.2) is 0 Å². The van der Waals surface area contributed by atoms with Crippen molar-refractivity contribution in [2.75, 3.05) is 18.0 Å². The van der Waals surface area contributed by atoms with Crippen LogP contribution >= 0.6 is 0 Å². The molecule has 0 saturated heterocycles. The Labute approximate surface area is 202 Å². The number of nitrogens with one attached hydrogen (secondary N) is 1. The Morgan fingerprint density at radius 2 is 1.59 bits per heavy atom. The van der Waals surface area contributed by atoms with Gasteiger partial charge in [-0.1, -0.05) is 36.4 Å². The molecule has 0 aliphatic heterocycles. The number of anilines is 1. The van der Waals surface area contributed by atoms with E-state index >= 15 is 0 Å². The number of benzene rings is 3. The quantitative estimate of drug-likeness (QED) is 0.492. The zero-order chi connectivity index (χ0) is 25.0. The number of amides is 1. The predicted molar refractivity (Wildman–Crippen MR) is 136 cm³/mol. The molecule has 7 heteroatoms. The van der Waals surface area contributed by atoms with E-state index in [2.05, 4.69) is 24.4 Å². The molecule has 1 amide bonds. The number of ether oxygens (including phenoxy) is 1. The van der Waals surface area contributed by atoms with Gasteiger partial charge in [0, 0.05) is 0 Å². The van der Waals surface area contributed by atoms with Crippen molar-refractivity contribution in [2.24, 2.45) is 0 Å². The third-order valence-corrected chi connectivity index (χ3v) is 7.74. The van der Waals surface area contributed by atoms with Gasteiger partial charge in [0.1, 0.15) is 17.2 Å². The molecule has 1 atom stereocenters. The summed E-state index contributed by atoms with van der Waals surface area (Å²) in [7, 11) is -2.66. The van der Waals surface area contributed by atoms with Gasteiger partial charge in [-0.05, 0) is 86.7 Å². The van der Waals surface area contributed by atoms with Gasteiger partial charge in [-0.3, -0.25) is 9.10 Å². The number of rotatable bonds is 8. The normalized spacial score (nSPS) is 12.2. The Bertz CT molecular complexity index is 1290. The largest absolute Gasteiger partial charge is 0.495 e. The van der Waals surface area contributed by atoms with Gasteiger partial charge in [0.25, 0.3) is 10.0 Å². The van der Waals surface area contributed by atoms with Crippen molar-refractivity contribution < 1.29 is 17.9 Å². The first-order valence-electron chi connectivity index (χ1n) is 11.1. The van der Waals surface area contributed by atoms with Crippen LogP contribution in [-0.2, 0) is 14.8 Å². The van der Waals surface area contributed by atoms with Gasteiger partial charge in [0.2, 0.25) is 5.91 Å². The number of methoxy groups -OCH3 is 1. The minimum atomic E-state index is -4.09. The summed E-state index contributed by atoms with van der Waals surface area (Å²) in [6, 6.07) is 17.5. The van der Waals surface area contributed by atoms with E-state index < -0.39 is 15.9 Å². The highest BCUT2D eigenvalue weighted by atomic mass is 32.2. The summed E-state index contributed by atoms with van der Waals surface area (Å²) in [5.74, 6) is -0.171. The first kappa shape index (κ1) is 25.3. The van der Waals surface area contributed by atoms with Gasteiger partial charge >= 0.3 is 0 Å². The molecular formula is C27H32N2O4S. The number of carbonyl (C=O) groups excluding carboxylic acids is 1. The zero-order valence-electron chi connectivity index (χ0n) is 20.5. The molecule has 0 bridgehead atoms. The molecule has 0 heterocycles. The van der Waals surface area contributed by atoms with Crippen LogP contribution in [0.25, 0.3) is 0 Å². The third-order valence-electron chi connectivity index (χ3n) is 5.94.